The highest BCUT2D eigenvalue weighted by atomic mass is 35.5. The van der Waals surface area contributed by atoms with Crippen LogP contribution in [0, 0.1) is 6.92 Å². The highest BCUT2D eigenvalue weighted by Gasteiger charge is 2.30. The number of nitrogens with one attached hydrogen (secondary N) is 1. The Morgan fingerprint density at radius 1 is 1.10 bits per heavy atom. The number of amides is 1. The maximum absolute atomic E-state index is 13.1. The Balaban J connectivity index is 2.04. The van der Waals surface area contributed by atoms with Gasteiger partial charge in [0.05, 0.1) is 11.4 Å². The number of benzene rings is 2. The summed E-state index contributed by atoms with van der Waals surface area (Å²) in [6.45, 7) is 4.51. The summed E-state index contributed by atoms with van der Waals surface area (Å²) in [5.41, 5.74) is 4.09. The van der Waals surface area contributed by atoms with Crippen molar-refractivity contribution in [2.24, 2.45) is 0 Å². The fourth-order valence-electron chi connectivity index (χ4n) is 4.44. The van der Waals surface area contributed by atoms with Crippen molar-refractivity contribution < 1.29 is 4.79 Å². The molecule has 1 amide bonds. The number of imidazole rings is 1. The summed E-state index contributed by atoms with van der Waals surface area (Å²) in [7, 11) is 0. The predicted octanol–water partition coefficient (Wildman–Crippen LogP) is 6.95. The highest BCUT2D eigenvalue weighted by Crippen LogP contribution is 2.39. The first-order valence-corrected chi connectivity index (χ1v) is 11.7. The van der Waals surface area contributed by atoms with Gasteiger partial charge in [0.2, 0.25) is 0 Å². The summed E-state index contributed by atoms with van der Waals surface area (Å²) < 4.78 is 2.15. The molecule has 0 radical (unpaired) electrons. The quantitative estimate of drug-likeness (QED) is 0.452. The van der Waals surface area contributed by atoms with Gasteiger partial charge in [-0.15, -0.1) is 0 Å². The molecule has 6 heteroatoms. The van der Waals surface area contributed by atoms with Crippen LogP contribution in [0.25, 0.3) is 16.9 Å². The van der Waals surface area contributed by atoms with Gasteiger partial charge in [0.1, 0.15) is 5.82 Å². The topological polar surface area (TPSA) is 46.9 Å². The zero-order valence-corrected chi connectivity index (χ0v) is 19.4. The third kappa shape index (κ3) is 4.51. The van der Waals surface area contributed by atoms with Gasteiger partial charge in [-0.3, -0.25) is 9.36 Å². The molecule has 1 saturated carbocycles. The van der Waals surface area contributed by atoms with E-state index in [9.17, 15) is 4.79 Å². The summed E-state index contributed by atoms with van der Waals surface area (Å²) >= 11 is 12.8. The lowest BCUT2D eigenvalue weighted by Gasteiger charge is -2.24. The lowest BCUT2D eigenvalue weighted by molar-refractivity contribution is 0.0952. The number of halogens is 2. The number of hydrogen-bond acceptors (Lipinski definition) is 2. The first-order chi connectivity index (χ1) is 15.0. The lowest BCUT2D eigenvalue weighted by Crippen LogP contribution is -2.24. The Bertz CT molecular complexity index is 1100. The molecule has 0 aliphatic heterocycles. The average Bonchev–Trinajstić information content (AvgIpc) is 3.17. The maximum atomic E-state index is 13.1. The fourth-order valence-corrected chi connectivity index (χ4v) is 4.80. The molecule has 0 saturated heterocycles. The number of carbonyl (C=O) groups excluding carboxylic acids is 1. The van der Waals surface area contributed by atoms with Crippen LogP contribution in [0.4, 0.5) is 0 Å². The number of aryl methyl sites for hydroxylation is 1. The third-order valence-corrected chi connectivity index (χ3v) is 6.41. The zero-order chi connectivity index (χ0) is 22.0. The number of hydrogen-bond donors (Lipinski definition) is 1. The van der Waals surface area contributed by atoms with Crippen LogP contribution >= 0.6 is 23.2 Å². The van der Waals surface area contributed by atoms with Gasteiger partial charge in [0.15, 0.2) is 5.69 Å². The van der Waals surface area contributed by atoms with Crippen LogP contribution in [0.5, 0.6) is 0 Å². The van der Waals surface area contributed by atoms with Crippen molar-refractivity contribution >= 4 is 29.1 Å². The van der Waals surface area contributed by atoms with Gasteiger partial charge < -0.3 is 5.32 Å². The van der Waals surface area contributed by atoms with Crippen LogP contribution in [0.2, 0.25) is 10.0 Å². The molecule has 1 fully saturated rings. The van der Waals surface area contributed by atoms with Gasteiger partial charge in [-0.2, -0.15) is 0 Å². The molecule has 4 nitrogen and oxygen atoms in total. The van der Waals surface area contributed by atoms with E-state index in [0.29, 0.717) is 28.2 Å². The highest BCUT2D eigenvalue weighted by molar-refractivity contribution is 6.31. The first-order valence-electron chi connectivity index (χ1n) is 10.9. The van der Waals surface area contributed by atoms with Crippen molar-refractivity contribution in [1.29, 1.82) is 0 Å². The minimum Gasteiger partial charge on any atom is -0.351 e. The van der Waals surface area contributed by atoms with Crippen molar-refractivity contribution in [2.75, 3.05) is 6.54 Å². The summed E-state index contributed by atoms with van der Waals surface area (Å²) in [5.74, 6) is 1.06. The van der Waals surface area contributed by atoms with Gasteiger partial charge in [-0.25, -0.2) is 4.98 Å². The largest absolute Gasteiger partial charge is 0.351 e. The Kier molecular flexibility index (Phi) is 6.68. The van der Waals surface area contributed by atoms with Crippen molar-refractivity contribution in [3.63, 3.8) is 0 Å². The number of aromatic nitrogens is 2. The van der Waals surface area contributed by atoms with E-state index < -0.39 is 0 Å². The van der Waals surface area contributed by atoms with Crippen molar-refractivity contribution in [2.45, 2.75) is 51.9 Å². The smallest absolute Gasteiger partial charge is 0.272 e. The van der Waals surface area contributed by atoms with Gasteiger partial charge in [0.25, 0.3) is 5.91 Å². The molecular weight excluding hydrogens is 429 g/mol. The van der Waals surface area contributed by atoms with Gasteiger partial charge in [-0.1, -0.05) is 60.7 Å². The van der Waals surface area contributed by atoms with E-state index in [2.05, 4.69) is 16.8 Å². The van der Waals surface area contributed by atoms with Crippen LogP contribution < -0.4 is 5.32 Å². The summed E-state index contributed by atoms with van der Waals surface area (Å²) in [4.78, 5) is 18.1. The van der Waals surface area contributed by atoms with Crippen molar-refractivity contribution in [1.82, 2.24) is 14.9 Å². The first kappa shape index (κ1) is 21.9. The molecule has 0 bridgehead atoms. The second-order valence-corrected chi connectivity index (χ2v) is 9.01. The second-order valence-electron chi connectivity index (χ2n) is 8.14. The predicted molar refractivity (Wildman–Crippen MR) is 128 cm³/mol. The number of carbonyl (C=O) groups is 1. The van der Waals surface area contributed by atoms with Crippen molar-refractivity contribution in [3.8, 4) is 16.9 Å². The van der Waals surface area contributed by atoms with E-state index in [1.54, 1.807) is 0 Å². The number of nitrogens with zero attached hydrogens (tertiary/aromatic N) is 2. The average molecular weight is 456 g/mol. The van der Waals surface area contributed by atoms with Gasteiger partial charge in [-0.05, 0) is 56.5 Å². The van der Waals surface area contributed by atoms with Crippen LogP contribution in [-0.4, -0.2) is 22.0 Å². The van der Waals surface area contributed by atoms with E-state index >= 15 is 0 Å². The van der Waals surface area contributed by atoms with Crippen LogP contribution in [0.3, 0.4) is 0 Å². The molecule has 1 aliphatic rings. The van der Waals surface area contributed by atoms with E-state index in [1.807, 2.05) is 49.4 Å². The van der Waals surface area contributed by atoms with E-state index in [4.69, 9.17) is 28.2 Å². The molecule has 1 N–H and O–H groups in total. The van der Waals surface area contributed by atoms with E-state index in [0.717, 1.165) is 41.2 Å². The SMILES string of the molecule is CCNC(=O)c1nc(C2CCCCC2)n(-c2cc(Cl)ccc2C)c1-c1cccc(Cl)c1. The molecular formula is C25H27Cl2N3O. The molecule has 31 heavy (non-hydrogen) atoms. The molecule has 2 aromatic carbocycles. The normalized spacial score (nSPS) is 14.6. The van der Waals surface area contributed by atoms with Crippen LogP contribution in [0.1, 0.15) is 66.8 Å². The molecule has 1 aliphatic carbocycles. The lowest BCUT2D eigenvalue weighted by atomic mass is 9.88. The summed E-state index contributed by atoms with van der Waals surface area (Å²) in [6.07, 6.45) is 5.74. The van der Waals surface area contributed by atoms with Crippen LogP contribution in [-0.2, 0) is 0 Å². The molecule has 3 aromatic rings. The van der Waals surface area contributed by atoms with Crippen LogP contribution in [0.15, 0.2) is 42.5 Å². The van der Waals surface area contributed by atoms with Crippen molar-refractivity contribution in [3.05, 3.63) is 69.6 Å². The van der Waals surface area contributed by atoms with Gasteiger partial charge in [0, 0.05) is 28.1 Å². The minimum absolute atomic E-state index is 0.173. The third-order valence-electron chi connectivity index (χ3n) is 5.94. The van der Waals surface area contributed by atoms with E-state index in [1.165, 1.54) is 19.3 Å². The molecule has 1 heterocycles. The second kappa shape index (κ2) is 9.46. The Labute approximate surface area is 193 Å². The number of rotatable bonds is 5. The monoisotopic (exact) mass is 455 g/mol. The Morgan fingerprint density at radius 3 is 2.55 bits per heavy atom. The zero-order valence-electron chi connectivity index (χ0n) is 17.9. The van der Waals surface area contributed by atoms with Gasteiger partial charge >= 0.3 is 0 Å². The molecule has 162 valence electrons. The summed E-state index contributed by atoms with van der Waals surface area (Å²) in [6, 6.07) is 13.5. The Morgan fingerprint density at radius 2 is 1.84 bits per heavy atom. The van der Waals surface area contributed by atoms with E-state index in [-0.39, 0.29) is 5.91 Å². The molecule has 0 spiro atoms. The fraction of sp³-hybridized carbons (Fsp3) is 0.360. The Hall–Kier alpha value is -2.30. The molecule has 1 aromatic heterocycles. The minimum atomic E-state index is -0.173. The maximum Gasteiger partial charge on any atom is 0.272 e. The molecule has 0 atom stereocenters. The molecule has 0 unspecified atom stereocenters. The summed E-state index contributed by atoms with van der Waals surface area (Å²) in [5, 5.41) is 4.21. The molecule has 4 rings (SSSR count). The standard InChI is InChI=1S/C25H27Cl2N3O/c1-3-28-25(31)22-23(18-10-7-11-19(26)14-18)30(21-15-20(27)13-12-16(21)2)24(29-22)17-8-5-4-6-9-17/h7,10-15,17H,3-6,8-9H2,1-2H3,(H,28,31).